The molecule has 4 nitrogen and oxygen atoms in total. The number of amides is 1. The van der Waals surface area contributed by atoms with E-state index in [1.54, 1.807) is 6.92 Å². The fraction of sp³-hybridized carbons (Fsp3) is 0.0588. The van der Waals surface area contributed by atoms with Crippen LogP contribution in [0.4, 0.5) is 0 Å². The van der Waals surface area contributed by atoms with Gasteiger partial charge in [0.05, 0.1) is 0 Å². The molecule has 0 bridgehead atoms. The lowest BCUT2D eigenvalue weighted by atomic mass is 10.0. The van der Waals surface area contributed by atoms with Gasteiger partial charge in [-0.25, -0.2) is 4.98 Å². The summed E-state index contributed by atoms with van der Waals surface area (Å²) in [6.07, 6.45) is 0. The topological polar surface area (TPSA) is 69.1 Å². The molecular weight excluding hydrogens is 264 g/mol. The number of benzene rings is 2. The maximum Gasteiger partial charge on any atom is 0.286 e. The standard InChI is InChI=1S/C17H14N2O2/c1-11-19-15(16(21-11)17(18)20)14-9-7-13(8-10-14)12-5-3-2-4-6-12/h2-10H,1H3,(H2,18,20). The van der Waals surface area contributed by atoms with Crippen LogP contribution in [-0.4, -0.2) is 10.9 Å². The van der Waals surface area contributed by atoms with E-state index in [9.17, 15) is 4.79 Å². The van der Waals surface area contributed by atoms with Gasteiger partial charge in [-0.2, -0.15) is 0 Å². The molecule has 3 rings (SSSR count). The van der Waals surface area contributed by atoms with Crippen molar-refractivity contribution in [2.45, 2.75) is 6.92 Å². The lowest BCUT2D eigenvalue weighted by Gasteiger charge is -2.03. The third-order valence-electron chi connectivity index (χ3n) is 3.22. The number of nitrogens with two attached hydrogens (primary N) is 1. The van der Waals surface area contributed by atoms with Crippen molar-refractivity contribution in [3.05, 3.63) is 66.2 Å². The largest absolute Gasteiger partial charge is 0.435 e. The first-order valence-corrected chi connectivity index (χ1v) is 6.58. The van der Waals surface area contributed by atoms with E-state index in [-0.39, 0.29) is 5.76 Å². The first kappa shape index (κ1) is 13.1. The van der Waals surface area contributed by atoms with Crippen molar-refractivity contribution in [1.29, 1.82) is 0 Å². The van der Waals surface area contributed by atoms with Gasteiger partial charge in [0, 0.05) is 12.5 Å². The van der Waals surface area contributed by atoms with Gasteiger partial charge in [0.2, 0.25) is 5.76 Å². The van der Waals surface area contributed by atoms with Crippen LogP contribution in [0.25, 0.3) is 22.4 Å². The Kier molecular flexibility index (Phi) is 3.28. The van der Waals surface area contributed by atoms with Crippen LogP contribution >= 0.6 is 0 Å². The molecule has 0 fully saturated rings. The van der Waals surface area contributed by atoms with Crippen LogP contribution in [0.5, 0.6) is 0 Å². The van der Waals surface area contributed by atoms with E-state index < -0.39 is 5.91 Å². The second kappa shape index (κ2) is 5.25. The molecular formula is C17H14N2O2. The molecule has 0 spiro atoms. The Morgan fingerprint density at radius 2 is 1.52 bits per heavy atom. The molecule has 4 heteroatoms. The van der Waals surface area contributed by atoms with Crippen LogP contribution in [0.2, 0.25) is 0 Å². The Balaban J connectivity index is 2.00. The van der Waals surface area contributed by atoms with Crippen molar-refractivity contribution in [2.75, 3.05) is 0 Å². The summed E-state index contributed by atoms with van der Waals surface area (Å²) in [7, 11) is 0. The lowest BCUT2D eigenvalue weighted by Crippen LogP contribution is -2.11. The molecule has 104 valence electrons. The Morgan fingerprint density at radius 1 is 0.952 bits per heavy atom. The Bertz CT molecular complexity index is 774. The highest BCUT2D eigenvalue weighted by molar-refractivity contribution is 5.96. The second-order valence-electron chi connectivity index (χ2n) is 4.72. The van der Waals surface area contributed by atoms with Gasteiger partial charge in [-0.15, -0.1) is 0 Å². The zero-order valence-electron chi connectivity index (χ0n) is 11.5. The molecule has 0 aliphatic carbocycles. The number of carbonyl (C=O) groups is 1. The molecule has 2 N–H and O–H groups in total. The first-order valence-electron chi connectivity index (χ1n) is 6.58. The molecule has 0 saturated carbocycles. The fourth-order valence-electron chi connectivity index (χ4n) is 2.24. The maximum absolute atomic E-state index is 11.4. The summed E-state index contributed by atoms with van der Waals surface area (Å²) in [6.45, 7) is 1.69. The zero-order chi connectivity index (χ0) is 14.8. The number of primary amides is 1. The Labute approximate surface area is 122 Å². The van der Waals surface area contributed by atoms with E-state index in [1.807, 2.05) is 54.6 Å². The van der Waals surface area contributed by atoms with Gasteiger partial charge in [0.25, 0.3) is 5.91 Å². The van der Waals surface area contributed by atoms with Crippen LogP contribution in [0.1, 0.15) is 16.4 Å². The molecule has 1 heterocycles. The number of hydrogen-bond acceptors (Lipinski definition) is 3. The Morgan fingerprint density at radius 3 is 2.14 bits per heavy atom. The Hall–Kier alpha value is -2.88. The average Bonchev–Trinajstić information content (AvgIpc) is 2.91. The predicted octanol–water partition coefficient (Wildman–Crippen LogP) is 3.42. The first-order chi connectivity index (χ1) is 10.1. The molecule has 1 aromatic heterocycles. The smallest absolute Gasteiger partial charge is 0.286 e. The highest BCUT2D eigenvalue weighted by Gasteiger charge is 2.17. The van der Waals surface area contributed by atoms with Crippen LogP contribution < -0.4 is 5.73 Å². The molecule has 3 aromatic rings. The van der Waals surface area contributed by atoms with Crippen molar-refractivity contribution in [1.82, 2.24) is 4.98 Å². The molecule has 0 atom stereocenters. The summed E-state index contributed by atoms with van der Waals surface area (Å²) in [5.74, 6) is -0.0939. The second-order valence-corrected chi connectivity index (χ2v) is 4.72. The number of nitrogens with zero attached hydrogens (tertiary/aromatic N) is 1. The third-order valence-corrected chi connectivity index (χ3v) is 3.22. The minimum atomic E-state index is -0.613. The SMILES string of the molecule is Cc1nc(-c2ccc(-c3ccccc3)cc2)c(C(N)=O)o1. The maximum atomic E-state index is 11.4. The summed E-state index contributed by atoms with van der Waals surface area (Å²) in [4.78, 5) is 15.6. The highest BCUT2D eigenvalue weighted by Crippen LogP contribution is 2.27. The molecule has 21 heavy (non-hydrogen) atoms. The molecule has 0 saturated heterocycles. The minimum Gasteiger partial charge on any atom is -0.435 e. The summed E-state index contributed by atoms with van der Waals surface area (Å²) < 4.78 is 5.26. The highest BCUT2D eigenvalue weighted by atomic mass is 16.4. The van der Waals surface area contributed by atoms with Crippen LogP contribution in [0.15, 0.2) is 59.0 Å². The number of aryl methyl sites for hydroxylation is 1. The van der Waals surface area contributed by atoms with E-state index in [0.717, 1.165) is 16.7 Å². The predicted molar refractivity (Wildman–Crippen MR) is 80.6 cm³/mol. The lowest BCUT2D eigenvalue weighted by molar-refractivity contribution is 0.0973. The van der Waals surface area contributed by atoms with Crippen LogP contribution in [0, 0.1) is 6.92 Å². The normalized spacial score (nSPS) is 10.5. The molecule has 0 unspecified atom stereocenters. The van der Waals surface area contributed by atoms with Crippen molar-refractivity contribution in [2.24, 2.45) is 5.73 Å². The summed E-state index contributed by atoms with van der Waals surface area (Å²) >= 11 is 0. The van der Waals surface area contributed by atoms with E-state index in [1.165, 1.54) is 0 Å². The molecule has 2 aromatic carbocycles. The van der Waals surface area contributed by atoms with E-state index >= 15 is 0 Å². The van der Waals surface area contributed by atoms with E-state index in [4.69, 9.17) is 10.2 Å². The molecule has 0 radical (unpaired) electrons. The van der Waals surface area contributed by atoms with Crippen molar-refractivity contribution < 1.29 is 9.21 Å². The molecule has 0 aliphatic rings. The van der Waals surface area contributed by atoms with Crippen molar-refractivity contribution >= 4 is 5.91 Å². The number of oxazole rings is 1. The minimum absolute atomic E-state index is 0.0972. The third kappa shape index (κ3) is 2.56. The van der Waals surface area contributed by atoms with Gasteiger partial charge in [0.1, 0.15) is 5.69 Å². The number of rotatable bonds is 3. The van der Waals surface area contributed by atoms with Crippen LogP contribution in [-0.2, 0) is 0 Å². The van der Waals surface area contributed by atoms with E-state index in [0.29, 0.717) is 11.6 Å². The van der Waals surface area contributed by atoms with Crippen molar-refractivity contribution in [3.63, 3.8) is 0 Å². The summed E-state index contributed by atoms with van der Waals surface area (Å²) in [6, 6.07) is 17.9. The number of hydrogen-bond donors (Lipinski definition) is 1. The van der Waals surface area contributed by atoms with Gasteiger partial charge in [-0.1, -0.05) is 54.6 Å². The zero-order valence-corrected chi connectivity index (χ0v) is 11.5. The summed E-state index contributed by atoms with van der Waals surface area (Å²) in [5, 5.41) is 0. The monoisotopic (exact) mass is 278 g/mol. The fourth-order valence-corrected chi connectivity index (χ4v) is 2.24. The molecule has 1 amide bonds. The quantitative estimate of drug-likeness (QED) is 0.798. The van der Waals surface area contributed by atoms with Gasteiger partial charge < -0.3 is 10.2 Å². The van der Waals surface area contributed by atoms with Crippen molar-refractivity contribution in [3.8, 4) is 22.4 Å². The summed E-state index contributed by atoms with van der Waals surface area (Å²) in [5.41, 5.74) is 8.84. The van der Waals surface area contributed by atoms with Gasteiger partial charge in [-0.3, -0.25) is 4.79 Å². The van der Waals surface area contributed by atoms with Crippen LogP contribution in [0.3, 0.4) is 0 Å². The van der Waals surface area contributed by atoms with Gasteiger partial charge >= 0.3 is 0 Å². The molecule has 0 aliphatic heterocycles. The van der Waals surface area contributed by atoms with Gasteiger partial charge in [-0.05, 0) is 11.1 Å². The average molecular weight is 278 g/mol. The van der Waals surface area contributed by atoms with E-state index in [2.05, 4.69) is 4.98 Å². The van der Waals surface area contributed by atoms with Gasteiger partial charge in [0.15, 0.2) is 5.89 Å². The number of aromatic nitrogens is 1. The number of carbonyl (C=O) groups excluding carboxylic acids is 1.